The summed E-state index contributed by atoms with van der Waals surface area (Å²) in [6.07, 6.45) is 0. The van der Waals surface area contributed by atoms with Crippen LogP contribution < -0.4 is 3.51 Å². The van der Waals surface area contributed by atoms with E-state index in [1.165, 1.54) is 0 Å². The number of carboxylic acids is 1. The number of rotatable bonds is 2. The Balaban J connectivity index is 3.11. The third kappa shape index (κ3) is 1.89. The maximum atomic E-state index is 10.6. The van der Waals surface area contributed by atoms with E-state index in [-0.39, 0.29) is 5.57 Å². The predicted octanol–water partition coefficient (Wildman–Crippen LogP) is 0.0428. The van der Waals surface area contributed by atoms with Gasteiger partial charge in [-0.2, -0.15) is 0 Å². The van der Waals surface area contributed by atoms with Crippen molar-refractivity contribution in [3.05, 3.63) is 36.4 Å². The van der Waals surface area contributed by atoms with Gasteiger partial charge in [0.2, 0.25) is 0 Å². The maximum absolute atomic E-state index is 10.6. The van der Waals surface area contributed by atoms with E-state index in [4.69, 9.17) is 5.11 Å². The van der Waals surface area contributed by atoms with Gasteiger partial charge < -0.3 is 0 Å². The van der Waals surface area contributed by atoms with Crippen molar-refractivity contribution < 1.29 is 9.90 Å². The molecule has 0 aromatic heterocycles. The first-order valence-electron chi connectivity index (χ1n) is 3.40. The van der Waals surface area contributed by atoms with Gasteiger partial charge in [0.25, 0.3) is 0 Å². The average Bonchev–Trinajstić information content (AvgIpc) is 2.04. The molecule has 2 nitrogen and oxygen atoms in total. The number of carbonyl (C=O) groups is 1. The van der Waals surface area contributed by atoms with Gasteiger partial charge in [-0.05, 0) is 0 Å². The molecule has 0 aliphatic carbocycles. The van der Waals surface area contributed by atoms with Gasteiger partial charge in [0.15, 0.2) is 0 Å². The van der Waals surface area contributed by atoms with E-state index in [9.17, 15) is 4.79 Å². The first-order valence-corrected chi connectivity index (χ1v) is 5.05. The summed E-state index contributed by atoms with van der Waals surface area (Å²) in [6.45, 7) is 3.51. The zero-order chi connectivity index (χ0) is 9.14. The number of hydrogen-bond donors (Lipinski definition) is 1. The molecule has 0 bridgehead atoms. The first-order chi connectivity index (χ1) is 5.63. The van der Waals surface area contributed by atoms with Crippen molar-refractivity contribution >= 4 is 38.1 Å². The number of aliphatic carboxylic acids is 1. The van der Waals surface area contributed by atoms with Crippen LogP contribution in [0.4, 0.5) is 0 Å². The normalized spacial score (nSPS) is 9.42. The number of benzene rings is 1. The monoisotopic (exact) mass is 270 g/mol. The SMILES string of the molecule is C=C(C(=O)O)c1cccc[c]1[SbH2]. The van der Waals surface area contributed by atoms with E-state index in [0.717, 1.165) is 32.1 Å². The Morgan fingerprint density at radius 1 is 1.42 bits per heavy atom. The van der Waals surface area contributed by atoms with Crippen LogP contribution in [0.1, 0.15) is 5.56 Å². The molecule has 0 saturated carbocycles. The molecule has 0 radical (unpaired) electrons. The fourth-order valence-corrected chi connectivity index (χ4v) is 1.98. The number of hydrogen-bond acceptors (Lipinski definition) is 1. The third-order valence-corrected chi connectivity index (χ3v) is 2.98. The summed E-state index contributed by atoms with van der Waals surface area (Å²) in [5.74, 6) is -0.947. The molecule has 1 N–H and O–H groups in total. The molecule has 62 valence electrons. The summed E-state index contributed by atoms with van der Waals surface area (Å²) in [5, 5.41) is 8.67. The van der Waals surface area contributed by atoms with Gasteiger partial charge in [0.05, 0.1) is 0 Å². The number of carboxylic acid groups (broad SMARTS) is 1. The van der Waals surface area contributed by atoms with Gasteiger partial charge >= 0.3 is 84.4 Å². The van der Waals surface area contributed by atoms with Crippen molar-refractivity contribution in [3.8, 4) is 0 Å². The van der Waals surface area contributed by atoms with E-state index in [1.54, 1.807) is 6.07 Å². The topological polar surface area (TPSA) is 37.3 Å². The summed E-state index contributed by atoms with van der Waals surface area (Å²) in [7, 11) is 0. The van der Waals surface area contributed by atoms with E-state index < -0.39 is 5.97 Å². The Hall–Kier alpha value is -0.752. The molecule has 3 heteroatoms. The van der Waals surface area contributed by atoms with Crippen molar-refractivity contribution in [1.82, 2.24) is 0 Å². The quantitative estimate of drug-likeness (QED) is 0.609. The molecule has 0 heterocycles. The van der Waals surface area contributed by atoms with Crippen molar-refractivity contribution in [2.75, 3.05) is 0 Å². The molecule has 1 aromatic rings. The van der Waals surface area contributed by atoms with Gasteiger partial charge in [-0.25, -0.2) is 0 Å². The zero-order valence-corrected chi connectivity index (χ0v) is 9.74. The van der Waals surface area contributed by atoms with Crippen LogP contribution in [0.3, 0.4) is 0 Å². The molecule has 12 heavy (non-hydrogen) atoms. The van der Waals surface area contributed by atoms with Gasteiger partial charge in [-0.1, -0.05) is 0 Å². The molecule has 0 fully saturated rings. The Kier molecular flexibility index (Phi) is 2.93. The predicted molar refractivity (Wildman–Crippen MR) is 51.3 cm³/mol. The molecule has 0 atom stereocenters. The second-order valence-corrected chi connectivity index (χ2v) is 4.15. The van der Waals surface area contributed by atoms with Crippen molar-refractivity contribution in [3.63, 3.8) is 0 Å². The summed E-state index contributed by atoms with van der Waals surface area (Å²) in [6, 6.07) is 7.43. The molecule has 1 rings (SSSR count). The van der Waals surface area contributed by atoms with Crippen molar-refractivity contribution in [2.45, 2.75) is 0 Å². The molecule has 0 saturated heterocycles. The molecule has 0 aliphatic heterocycles. The summed E-state index contributed by atoms with van der Waals surface area (Å²) >= 11 is 0.910. The average molecular weight is 271 g/mol. The Bertz CT molecular complexity index is 331. The Morgan fingerprint density at radius 3 is 2.50 bits per heavy atom. The zero-order valence-electron chi connectivity index (χ0n) is 6.45. The standard InChI is InChI=1S/C9H7O2.Sb.2H/c1-7(9(10)11)8-5-3-2-4-6-8;;;/h2-5H,1H2,(H,10,11);;;. The van der Waals surface area contributed by atoms with Crippen LogP contribution in [0.25, 0.3) is 5.57 Å². The van der Waals surface area contributed by atoms with Crippen LogP contribution in [-0.2, 0) is 4.79 Å². The van der Waals surface area contributed by atoms with Crippen LogP contribution in [0.2, 0.25) is 0 Å². The van der Waals surface area contributed by atoms with E-state index >= 15 is 0 Å². The first kappa shape index (κ1) is 9.34. The minimum absolute atomic E-state index is 0.179. The Labute approximate surface area is 84.4 Å². The van der Waals surface area contributed by atoms with Crippen molar-refractivity contribution in [2.24, 2.45) is 0 Å². The molecule has 0 amide bonds. The minimum atomic E-state index is -0.947. The second-order valence-electron chi connectivity index (χ2n) is 2.37. The second kappa shape index (κ2) is 3.77. The fourth-order valence-electron chi connectivity index (χ4n) is 0.887. The summed E-state index contributed by atoms with van der Waals surface area (Å²) in [5.41, 5.74) is 0.936. The van der Waals surface area contributed by atoms with E-state index in [2.05, 4.69) is 6.58 Å². The van der Waals surface area contributed by atoms with Crippen LogP contribution in [0.5, 0.6) is 0 Å². The van der Waals surface area contributed by atoms with Gasteiger partial charge in [-0.15, -0.1) is 0 Å². The molecular weight excluding hydrogens is 262 g/mol. The van der Waals surface area contributed by atoms with Crippen molar-refractivity contribution in [1.29, 1.82) is 0 Å². The van der Waals surface area contributed by atoms with Crippen LogP contribution in [-0.4, -0.2) is 34.1 Å². The molecule has 1 aromatic carbocycles. The summed E-state index contributed by atoms with van der Waals surface area (Å²) < 4.78 is 1.07. The molecule has 0 spiro atoms. The molecule has 0 aliphatic rings. The fraction of sp³-hybridized carbons (Fsp3) is 0. The Morgan fingerprint density at radius 2 is 2.00 bits per heavy atom. The van der Waals surface area contributed by atoms with Crippen LogP contribution in [0.15, 0.2) is 30.8 Å². The molecular formula is C9H9O2Sb. The molecule has 0 unspecified atom stereocenters. The van der Waals surface area contributed by atoms with Crippen LogP contribution >= 0.6 is 0 Å². The van der Waals surface area contributed by atoms with Gasteiger partial charge in [0, 0.05) is 0 Å². The van der Waals surface area contributed by atoms with E-state index in [1.807, 2.05) is 18.2 Å². The summed E-state index contributed by atoms with van der Waals surface area (Å²) in [4.78, 5) is 10.6. The van der Waals surface area contributed by atoms with Crippen LogP contribution in [0, 0.1) is 0 Å². The van der Waals surface area contributed by atoms with Gasteiger partial charge in [-0.3, -0.25) is 0 Å². The van der Waals surface area contributed by atoms with Gasteiger partial charge in [0.1, 0.15) is 0 Å². The van der Waals surface area contributed by atoms with E-state index in [0.29, 0.717) is 0 Å². The third-order valence-electron chi connectivity index (χ3n) is 1.54.